The van der Waals surface area contributed by atoms with Crippen molar-refractivity contribution in [3.05, 3.63) is 71.3 Å². The molecule has 0 aliphatic carbocycles. The average Bonchev–Trinajstić information content (AvgIpc) is 2.59. The van der Waals surface area contributed by atoms with Crippen molar-refractivity contribution in [1.29, 1.82) is 0 Å². The summed E-state index contributed by atoms with van der Waals surface area (Å²) < 4.78 is 24.9. The molecule has 0 fully saturated rings. The molecule has 3 aromatic carbocycles. The van der Waals surface area contributed by atoms with E-state index in [1.54, 1.807) is 31.2 Å². The van der Waals surface area contributed by atoms with Crippen molar-refractivity contribution < 1.29 is 13.5 Å². The van der Waals surface area contributed by atoms with E-state index in [2.05, 4.69) is 9.93 Å². The Kier molecular flexibility index (Phi) is 4.46. The van der Waals surface area contributed by atoms with Crippen LogP contribution in [0.5, 0.6) is 5.75 Å². The van der Waals surface area contributed by atoms with Gasteiger partial charge in [0.15, 0.2) is 0 Å². The van der Waals surface area contributed by atoms with Gasteiger partial charge in [-0.05, 0) is 47.9 Å². The SMILES string of the molecule is Cc1ccc(C)c(S(=O)(=O)N/N=C\c2c(O)ccc3ccccc23)c1. The van der Waals surface area contributed by atoms with Gasteiger partial charge < -0.3 is 5.11 Å². The van der Waals surface area contributed by atoms with Crippen LogP contribution in [0.3, 0.4) is 0 Å². The number of sulfonamides is 1. The van der Waals surface area contributed by atoms with Gasteiger partial charge in [-0.25, -0.2) is 4.83 Å². The first-order chi connectivity index (χ1) is 11.9. The molecule has 2 N–H and O–H groups in total. The molecule has 0 bridgehead atoms. The summed E-state index contributed by atoms with van der Waals surface area (Å²) in [6, 6.07) is 16.1. The van der Waals surface area contributed by atoms with Crippen molar-refractivity contribution >= 4 is 27.0 Å². The minimum Gasteiger partial charge on any atom is -0.507 e. The number of hydrazone groups is 1. The van der Waals surface area contributed by atoms with Crippen LogP contribution in [0.25, 0.3) is 10.8 Å². The van der Waals surface area contributed by atoms with E-state index in [4.69, 9.17) is 0 Å². The van der Waals surface area contributed by atoms with Crippen LogP contribution in [0, 0.1) is 13.8 Å². The fraction of sp³-hybridized carbons (Fsp3) is 0.105. The van der Waals surface area contributed by atoms with Crippen LogP contribution in [0.4, 0.5) is 0 Å². The molecule has 128 valence electrons. The van der Waals surface area contributed by atoms with Crippen LogP contribution >= 0.6 is 0 Å². The second-order valence-corrected chi connectivity index (χ2v) is 7.47. The first-order valence-electron chi connectivity index (χ1n) is 7.71. The predicted molar refractivity (Wildman–Crippen MR) is 99.4 cm³/mol. The lowest BCUT2D eigenvalue weighted by Gasteiger charge is -2.08. The maximum absolute atomic E-state index is 12.5. The van der Waals surface area contributed by atoms with Gasteiger partial charge >= 0.3 is 0 Å². The summed E-state index contributed by atoms with van der Waals surface area (Å²) in [5.41, 5.74) is 1.95. The third-order valence-electron chi connectivity index (χ3n) is 3.95. The van der Waals surface area contributed by atoms with Crippen LogP contribution < -0.4 is 4.83 Å². The molecule has 0 aromatic heterocycles. The summed E-state index contributed by atoms with van der Waals surface area (Å²) in [4.78, 5) is 2.40. The van der Waals surface area contributed by atoms with Gasteiger partial charge in [0, 0.05) is 5.56 Å². The number of hydrogen-bond donors (Lipinski definition) is 2. The molecule has 25 heavy (non-hydrogen) atoms. The molecule has 0 atom stereocenters. The molecule has 0 radical (unpaired) electrons. The third kappa shape index (κ3) is 3.49. The molecule has 0 unspecified atom stereocenters. The smallest absolute Gasteiger partial charge is 0.276 e. The molecular weight excluding hydrogens is 336 g/mol. The molecule has 0 amide bonds. The highest BCUT2D eigenvalue weighted by molar-refractivity contribution is 7.89. The Balaban J connectivity index is 1.94. The summed E-state index contributed by atoms with van der Waals surface area (Å²) in [7, 11) is -3.78. The van der Waals surface area contributed by atoms with Gasteiger partial charge in [0.2, 0.25) is 0 Å². The summed E-state index contributed by atoms with van der Waals surface area (Å²) in [6.07, 6.45) is 1.32. The topological polar surface area (TPSA) is 78.8 Å². The summed E-state index contributed by atoms with van der Waals surface area (Å²) in [5, 5.41) is 15.6. The Bertz CT molecular complexity index is 1070. The lowest BCUT2D eigenvalue weighted by atomic mass is 10.0. The zero-order valence-electron chi connectivity index (χ0n) is 13.9. The van der Waals surface area contributed by atoms with Crippen LogP contribution in [-0.2, 0) is 10.0 Å². The lowest BCUT2D eigenvalue weighted by Crippen LogP contribution is -2.19. The van der Waals surface area contributed by atoms with Crippen molar-refractivity contribution in [3.8, 4) is 5.75 Å². The molecule has 0 heterocycles. The summed E-state index contributed by atoms with van der Waals surface area (Å²) in [6.45, 7) is 3.56. The highest BCUT2D eigenvalue weighted by Crippen LogP contribution is 2.25. The molecule has 3 rings (SSSR count). The van der Waals surface area contributed by atoms with Gasteiger partial charge in [0.25, 0.3) is 10.0 Å². The molecule has 5 nitrogen and oxygen atoms in total. The molecule has 0 spiro atoms. The maximum atomic E-state index is 12.5. The fourth-order valence-electron chi connectivity index (χ4n) is 2.63. The van der Waals surface area contributed by atoms with Crippen molar-refractivity contribution in [2.75, 3.05) is 0 Å². The second-order valence-electron chi connectivity index (χ2n) is 5.84. The first kappa shape index (κ1) is 17.0. The van der Waals surface area contributed by atoms with Crippen LogP contribution in [0.15, 0.2) is 64.6 Å². The van der Waals surface area contributed by atoms with Crippen LogP contribution in [0.1, 0.15) is 16.7 Å². The zero-order valence-corrected chi connectivity index (χ0v) is 14.7. The van der Waals surface area contributed by atoms with Crippen LogP contribution in [-0.4, -0.2) is 19.7 Å². The number of fused-ring (bicyclic) bond motifs is 1. The number of phenolic OH excluding ortho intramolecular Hbond substituents is 1. The number of rotatable bonds is 4. The Morgan fingerprint density at radius 3 is 2.60 bits per heavy atom. The Morgan fingerprint density at radius 1 is 1.04 bits per heavy atom. The van der Waals surface area contributed by atoms with Gasteiger partial charge in [0.1, 0.15) is 5.75 Å². The molecule has 0 saturated heterocycles. The number of aromatic hydroxyl groups is 1. The highest BCUT2D eigenvalue weighted by atomic mass is 32.2. The normalized spacial score (nSPS) is 11.9. The van der Waals surface area contributed by atoms with Gasteiger partial charge in [-0.1, -0.05) is 42.5 Å². The molecule has 0 aliphatic rings. The number of nitrogens with zero attached hydrogens (tertiary/aromatic N) is 1. The average molecular weight is 354 g/mol. The Morgan fingerprint density at radius 2 is 1.80 bits per heavy atom. The van der Waals surface area contributed by atoms with Crippen molar-refractivity contribution in [3.63, 3.8) is 0 Å². The number of hydrogen-bond acceptors (Lipinski definition) is 4. The Hall–Kier alpha value is -2.86. The van der Waals surface area contributed by atoms with Crippen molar-refractivity contribution in [1.82, 2.24) is 4.83 Å². The summed E-state index contributed by atoms with van der Waals surface area (Å²) >= 11 is 0. The fourth-order valence-corrected chi connectivity index (χ4v) is 3.75. The first-order valence-corrected chi connectivity index (χ1v) is 9.19. The van der Waals surface area contributed by atoms with E-state index >= 15 is 0 Å². The summed E-state index contributed by atoms with van der Waals surface area (Å²) in [5.74, 6) is 0.0355. The minimum absolute atomic E-state index is 0.0355. The molecule has 6 heteroatoms. The van der Waals surface area contributed by atoms with Crippen LogP contribution in [0.2, 0.25) is 0 Å². The van der Waals surface area contributed by atoms with E-state index < -0.39 is 10.0 Å². The largest absolute Gasteiger partial charge is 0.507 e. The molecular formula is C19H18N2O3S. The monoisotopic (exact) mass is 354 g/mol. The highest BCUT2D eigenvalue weighted by Gasteiger charge is 2.16. The lowest BCUT2D eigenvalue weighted by molar-refractivity contribution is 0.475. The zero-order chi connectivity index (χ0) is 18.0. The maximum Gasteiger partial charge on any atom is 0.276 e. The molecule has 3 aromatic rings. The second kappa shape index (κ2) is 6.57. The predicted octanol–water partition coefficient (Wildman–Crippen LogP) is 3.47. The van der Waals surface area contributed by atoms with E-state index in [1.165, 1.54) is 6.21 Å². The number of phenols is 1. The van der Waals surface area contributed by atoms with Gasteiger partial charge in [-0.15, -0.1) is 0 Å². The van der Waals surface area contributed by atoms with Gasteiger partial charge in [-0.2, -0.15) is 13.5 Å². The molecule has 0 aliphatic heterocycles. The van der Waals surface area contributed by atoms with Gasteiger partial charge in [-0.3, -0.25) is 0 Å². The standard InChI is InChI=1S/C19H18N2O3S/c1-13-7-8-14(2)19(11-13)25(23,24)21-20-12-17-16-6-4-3-5-15(16)9-10-18(17)22/h3-12,21-22H,1-2H3/b20-12-. The molecule has 0 saturated carbocycles. The number of benzene rings is 3. The number of nitrogens with one attached hydrogen (secondary N) is 1. The van der Waals surface area contributed by atoms with E-state index in [9.17, 15) is 13.5 Å². The van der Waals surface area contributed by atoms with E-state index in [1.807, 2.05) is 37.3 Å². The van der Waals surface area contributed by atoms with Crippen molar-refractivity contribution in [2.24, 2.45) is 5.10 Å². The quantitative estimate of drug-likeness (QED) is 0.556. The number of aryl methyl sites for hydroxylation is 2. The van der Waals surface area contributed by atoms with E-state index in [0.29, 0.717) is 11.1 Å². The third-order valence-corrected chi connectivity index (χ3v) is 5.31. The van der Waals surface area contributed by atoms with E-state index in [-0.39, 0.29) is 10.6 Å². The Labute approximate surface area is 146 Å². The van der Waals surface area contributed by atoms with Crippen molar-refractivity contribution in [2.45, 2.75) is 18.7 Å². The van der Waals surface area contributed by atoms with Gasteiger partial charge in [0.05, 0.1) is 11.1 Å². The minimum atomic E-state index is -3.78. The van der Waals surface area contributed by atoms with E-state index in [0.717, 1.165) is 16.3 Å².